The van der Waals surface area contributed by atoms with Crippen LogP contribution in [0.3, 0.4) is 0 Å². The lowest BCUT2D eigenvalue weighted by atomic mass is 10.2. The Labute approximate surface area is 100 Å². The molecule has 0 radical (unpaired) electrons. The van der Waals surface area contributed by atoms with Crippen LogP contribution in [0.25, 0.3) is 0 Å². The predicted molar refractivity (Wildman–Crippen MR) is 65.7 cm³/mol. The highest BCUT2D eigenvalue weighted by Crippen LogP contribution is 2.15. The van der Waals surface area contributed by atoms with Gasteiger partial charge in [-0.15, -0.1) is 0 Å². The van der Waals surface area contributed by atoms with Gasteiger partial charge in [-0.3, -0.25) is 5.32 Å². The van der Waals surface area contributed by atoms with Gasteiger partial charge in [0.05, 0.1) is 11.9 Å². The topological polar surface area (TPSA) is 70.9 Å². The minimum atomic E-state index is -0.551. The summed E-state index contributed by atoms with van der Waals surface area (Å²) >= 11 is 0. The number of nitrogens with zero attached hydrogens (tertiary/aromatic N) is 1. The molecule has 0 saturated carbocycles. The highest BCUT2D eigenvalue weighted by molar-refractivity contribution is 5.94. The van der Waals surface area contributed by atoms with Gasteiger partial charge in [-0.05, 0) is 26.8 Å². The molecule has 1 rings (SSSR count). The van der Waals surface area contributed by atoms with Crippen LogP contribution < -0.4 is 5.32 Å². The number of carbonyl (C=O) groups is 1. The monoisotopic (exact) mass is 236 g/mol. The molecule has 0 atom stereocenters. The number of nitrogens with one attached hydrogen (secondary N) is 1. The SMILES string of the molecule is CC(C)(C)OC(=O)Nc1ccccc1/C=N/O. The number of hydrogen-bond donors (Lipinski definition) is 2. The highest BCUT2D eigenvalue weighted by Gasteiger charge is 2.16. The predicted octanol–water partition coefficient (Wildman–Crippen LogP) is 2.84. The van der Waals surface area contributed by atoms with Crippen molar-refractivity contribution in [3.63, 3.8) is 0 Å². The van der Waals surface area contributed by atoms with Crippen molar-refractivity contribution in [2.75, 3.05) is 5.32 Å². The number of para-hydroxylation sites is 1. The largest absolute Gasteiger partial charge is 0.444 e. The summed E-state index contributed by atoms with van der Waals surface area (Å²) in [6.07, 6.45) is 0.698. The van der Waals surface area contributed by atoms with E-state index < -0.39 is 11.7 Å². The number of ether oxygens (including phenoxy) is 1. The smallest absolute Gasteiger partial charge is 0.412 e. The maximum absolute atomic E-state index is 11.5. The molecule has 5 heteroatoms. The van der Waals surface area contributed by atoms with Gasteiger partial charge >= 0.3 is 6.09 Å². The summed E-state index contributed by atoms with van der Waals surface area (Å²) in [6.45, 7) is 5.36. The molecule has 0 heterocycles. The zero-order valence-electron chi connectivity index (χ0n) is 10.1. The first-order chi connectivity index (χ1) is 7.92. The Bertz CT molecular complexity index is 422. The standard InChI is InChI=1S/C12H16N2O3/c1-12(2,3)17-11(15)14-10-7-5-4-6-9(10)8-13-16/h4-8,16H,1-3H3,(H,14,15)/b13-8+. The van der Waals surface area contributed by atoms with Gasteiger partial charge in [-0.2, -0.15) is 0 Å². The third kappa shape index (κ3) is 4.55. The summed E-state index contributed by atoms with van der Waals surface area (Å²) < 4.78 is 5.12. The number of benzene rings is 1. The fourth-order valence-electron chi connectivity index (χ4n) is 1.20. The Hall–Kier alpha value is -2.04. The number of oxime groups is 1. The van der Waals surface area contributed by atoms with E-state index in [1.165, 1.54) is 6.21 Å². The van der Waals surface area contributed by atoms with Crippen molar-refractivity contribution in [1.29, 1.82) is 0 Å². The fraction of sp³-hybridized carbons (Fsp3) is 0.333. The van der Waals surface area contributed by atoms with Crippen molar-refractivity contribution in [3.05, 3.63) is 29.8 Å². The Morgan fingerprint density at radius 1 is 1.41 bits per heavy atom. The van der Waals surface area contributed by atoms with Crippen LogP contribution in [-0.4, -0.2) is 23.1 Å². The van der Waals surface area contributed by atoms with E-state index in [0.717, 1.165) is 0 Å². The van der Waals surface area contributed by atoms with E-state index in [0.29, 0.717) is 11.3 Å². The molecule has 0 fully saturated rings. The minimum Gasteiger partial charge on any atom is -0.444 e. The molecule has 17 heavy (non-hydrogen) atoms. The van der Waals surface area contributed by atoms with Crippen LogP contribution in [0.4, 0.5) is 10.5 Å². The molecule has 1 aromatic rings. The van der Waals surface area contributed by atoms with Crippen LogP contribution in [-0.2, 0) is 4.74 Å². The van der Waals surface area contributed by atoms with Gasteiger partial charge in [0.2, 0.25) is 0 Å². The van der Waals surface area contributed by atoms with Crippen LogP contribution in [0.2, 0.25) is 0 Å². The number of carbonyl (C=O) groups excluding carboxylic acids is 1. The summed E-state index contributed by atoms with van der Waals surface area (Å²) in [5.41, 5.74) is 0.574. The fourth-order valence-corrected chi connectivity index (χ4v) is 1.20. The van der Waals surface area contributed by atoms with Gasteiger partial charge in [0, 0.05) is 5.56 Å². The first-order valence-corrected chi connectivity index (χ1v) is 5.19. The van der Waals surface area contributed by atoms with Crippen molar-refractivity contribution >= 4 is 18.0 Å². The molecule has 1 aromatic carbocycles. The van der Waals surface area contributed by atoms with Gasteiger partial charge in [-0.25, -0.2) is 4.79 Å². The van der Waals surface area contributed by atoms with E-state index in [2.05, 4.69) is 10.5 Å². The third-order valence-corrected chi connectivity index (χ3v) is 1.79. The van der Waals surface area contributed by atoms with Crippen LogP contribution in [0, 0.1) is 0 Å². The second kappa shape index (κ2) is 5.34. The second-order valence-electron chi connectivity index (χ2n) is 4.46. The lowest BCUT2D eigenvalue weighted by molar-refractivity contribution is 0.0636. The molecule has 92 valence electrons. The average molecular weight is 236 g/mol. The number of hydrogen-bond acceptors (Lipinski definition) is 4. The molecule has 0 saturated heterocycles. The Kier molecular flexibility index (Phi) is 4.09. The molecular formula is C12H16N2O3. The van der Waals surface area contributed by atoms with E-state index in [1.54, 1.807) is 45.0 Å². The Balaban J connectivity index is 2.78. The maximum atomic E-state index is 11.5. The normalized spacial score (nSPS) is 11.5. The van der Waals surface area contributed by atoms with E-state index in [1.807, 2.05) is 0 Å². The molecule has 2 N–H and O–H groups in total. The van der Waals surface area contributed by atoms with Crippen molar-refractivity contribution in [2.45, 2.75) is 26.4 Å². The molecule has 0 aliphatic heterocycles. The average Bonchev–Trinajstić information content (AvgIpc) is 2.18. The first kappa shape index (κ1) is 13.0. The molecule has 0 bridgehead atoms. The van der Waals surface area contributed by atoms with E-state index in [-0.39, 0.29) is 0 Å². The van der Waals surface area contributed by atoms with Crippen LogP contribution >= 0.6 is 0 Å². The zero-order chi connectivity index (χ0) is 12.9. The van der Waals surface area contributed by atoms with Crippen LogP contribution in [0.1, 0.15) is 26.3 Å². The molecule has 1 amide bonds. The van der Waals surface area contributed by atoms with Crippen molar-refractivity contribution in [3.8, 4) is 0 Å². The van der Waals surface area contributed by atoms with Gasteiger partial charge < -0.3 is 9.94 Å². The summed E-state index contributed by atoms with van der Waals surface area (Å²) in [5.74, 6) is 0. The zero-order valence-corrected chi connectivity index (χ0v) is 10.1. The molecule has 0 aliphatic carbocycles. The summed E-state index contributed by atoms with van der Waals surface area (Å²) in [4.78, 5) is 11.5. The quantitative estimate of drug-likeness (QED) is 0.471. The lowest BCUT2D eigenvalue weighted by Crippen LogP contribution is -2.27. The number of amides is 1. The minimum absolute atomic E-state index is 0.527. The second-order valence-corrected chi connectivity index (χ2v) is 4.46. The first-order valence-electron chi connectivity index (χ1n) is 5.19. The molecule has 0 aromatic heterocycles. The van der Waals surface area contributed by atoms with E-state index in [4.69, 9.17) is 9.94 Å². The summed E-state index contributed by atoms with van der Waals surface area (Å²) in [6, 6.07) is 6.95. The molecule has 0 spiro atoms. The molecule has 0 unspecified atom stereocenters. The van der Waals surface area contributed by atoms with Gasteiger partial charge in [-0.1, -0.05) is 23.4 Å². The van der Waals surface area contributed by atoms with E-state index in [9.17, 15) is 4.79 Å². The number of rotatable bonds is 2. The van der Waals surface area contributed by atoms with Gasteiger partial charge in [0.15, 0.2) is 0 Å². The van der Waals surface area contributed by atoms with Crippen LogP contribution in [0.5, 0.6) is 0 Å². The highest BCUT2D eigenvalue weighted by atomic mass is 16.6. The Morgan fingerprint density at radius 3 is 2.65 bits per heavy atom. The molecule has 0 aliphatic rings. The summed E-state index contributed by atoms with van der Waals surface area (Å²) in [7, 11) is 0. The molecule has 5 nitrogen and oxygen atoms in total. The van der Waals surface area contributed by atoms with Crippen LogP contribution in [0.15, 0.2) is 29.4 Å². The maximum Gasteiger partial charge on any atom is 0.412 e. The molecular weight excluding hydrogens is 220 g/mol. The third-order valence-electron chi connectivity index (χ3n) is 1.79. The van der Waals surface area contributed by atoms with Crippen molar-refractivity contribution < 1.29 is 14.7 Å². The van der Waals surface area contributed by atoms with Gasteiger partial charge in [0.1, 0.15) is 5.60 Å². The summed E-state index contributed by atoms with van der Waals surface area (Å²) in [5, 5.41) is 14.0. The number of anilines is 1. The van der Waals surface area contributed by atoms with Crippen molar-refractivity contribution in [2.24, 2.45) is 5.16 Å². The van der Waals surface area contributed by atoms with E-state index >= 15 is 0 Å². The van der Waals surface area contributed by atoms with Gasteiger partial charge in [0.25, 0.3) is 0 Å². The van der Waals surface area contributed by atoms with Crippen molar-refractivity contribution in [1.82, 2.24) is 0 Å². The lowest BCUT2D eigenvalue weighted by Gasteiger charge is -2.20. The Morgan fingerprint density at radius 2 is 2.06 bits per heavy atom.